The van der Waals surface area contributed by atoms with Crippen molar-refractivity contribution in [3.63, 3.8) is 0 Å². The number of alkyl halides is 4. The quantitative estimate of drug-likeness (QED) is 0.261. The second-order valence-electron chi connectivity index (χ2n) is 8.21. The number of halogens is 4. The third kappa shape index (κ3) is 4.16. The fraction of sp³-hybridized carbons (Fsp3) is 0.238. The zero-order valence-electron chi connectivity index (χ0n) is 19.0. The number of aromatic amines is 1. The highest BCUT2D eigenvalue weighted by molar-refractivity contribution is 7.16. The first-order chi connectivity index (χ1) is 18.2. The molecule has 0 aromatic carbocycles. The molecular formula is C21H16F4N9O3P. The lowest BCUT2D eigenvalue weighted by atomic mass is 9.99. The summed E-state index contributed by atoms with van der Waals surface area (Å²) in [6.45, 7) is 0.220. The molecule has 6 heterocycles. The third-order valence-corrected chi connectivity index (χ3v) is 6.02. The number of pyridine rings is 1. The van der Waals surface area contributed by atoms with Crippen molar-refractivity contribution in [2.45, 2.75) is 24.9 Å². The maximum absolute atomic E-state index is 13.5. The van der Waals surface area contributed by atoms with Gasteiger partial charge in [-0.15, -0.1) is 23.4 Å². The van der Waals surface area contributed by atoms with Gasteiger partial charge < -0.3 is 19.0 Å². The van der Waals surface area contributed by atoms with Gasteiger partial charge in [-0.05, 0) is 18.2 Å². The molecule has 5 aromatic heterocycles. The van der Waals surface area contributed by atoms with Crippen LogP contribution in [0.15, 0.2) is 47.5 Å². The number of nitrogens with one attached hydrogen (secondary N) is 1. The van der Waals surface area contributed by atoms with Crippen molar-refractivity contribution in [2.24, 2.45) is 0 Å². The smallest absolute Gasteiger partial charge is 0.455 e. The number of carbonyl (C=O) groups excluding carboxylic acids is 1. The van der Waals surface area contributed by atoms with Gasteiger partial charge in [0.2, 0.25) is 6.10 Å². The zero-order valence-corrected chi connectivity index (χ0v) is 20.2. The summed E-state index contributed by atoms with van der Waals surface area (Å²) in [4.78, 5) is 22.4. The van der Waals surface area contributed by atoms with Crippen LogP contribution in [-0.4, -0.2) is 63.0 Å². The van der Waals surface area contributed by atoms with E-state index < -0.39 is 30.2 Å². The highest BCUT2D eigenvalue weighted by atomic mass is 31.0. The number of H-pyrrole nitrogens is 1. The number of nitrogens with zero attached hydrogens (tertiary/aromatic N) is 8. The van der Waals surface area contributed by atoms with Gasteiger partial charge in [0, 0.05) is 31.1 Å². The highest BCUT2D eigenvalue weighted by Crippen LogP contribution is 2.36. The van der Waals surface area contributed by atoms with Crippen molar-refractivity contribution in [1.82, 2.24) is 44.5 Å². The summed E-state index contributed by atoms with van der Waals surface area (Å²) in [5, 5.41) is 15.3. The molecule has 12 nitrogen and oxygen atoms in total. The molecule has 196 valence electrons. The van der Waals surface area contributed by atoms with Crippen LogP contribution in [0.25, 0.3) is 17.0 Å². The molecule has 5 aromatic rings. The number of aromatic nitrogens is 8. The number of ether oxygens (including phenoxy) is 1. The lowest BCUT2D eigenvalue weighted by molar-refractivity contribution is -0.212. The molecule has 38 heavy (non-hydrogen) atoms. The van der Waals surface area contributed by atoms with Crippen LogP contribution in [0.5, 0.6) is 5.75 Å². The molecule has 1 amide bonds. The van der Waals surface area contributed by atoms with Gasteiger partial charge in [-0.25, -0.2) is 9.50 Å². The van der Waals surface area contributed by atoms with Crippen molar-refractivity contribution in [2.75, 3.05) is 6.54 Å². The van der Waals surface area contributed by atoms with E-state index >= 15 is 0 Å². The molecule has 3 atom stereocenters. The lowest BCUT2D eigenvalue weighted by Crippen LogP contribution is -2.41. The van der Waals surface area contributed by atoms with Crippen LogP contribution < -0.4 is 4.74 Å². The molecule has 1 N–H and O–H groups in total. The van der Waals surface area contributed by atoms with Crippen LogP contribution in [0.4, 0.5) is 17.6 Å². The van der Waals surface area contributed by atoms with Crippen LogP contribution in [0.3, 0.4) is 0 Å². The predicted octanol–water partition coefficient (Wildman–Crippen LogP) is 3.08. The minimum absolute atomic E-state index is 0.105. The Bertz CT molecular complexity index is 1640. The standard InChI is InChI=1S/C21H16F4N9O3P/c22-20(38)36-14-2-1-4-33-13(14)6-12(31-33)16-15-11(26-9-27-15)3-5-32(16)19(35)18-30-29-17(37-18)10-7-28-34(8-10)21(23,24)25/h1-2,4,6-9,16,20H,3,5,38H2,(H,26,27)/t16-,20?/m0/s1. The second-order valence-corrected chi connectivity index (χ2v) is 8.74. The number of rotatable bonds is 5. The van der Waals surface area contributed by atoms with E-state index in [4.69, 9.17) is 9.15 Å². The Morgan fingerprint density at radius 1 is 1.32 bits per heavy atom. The van der Waals surface area contributed by atoms with Gasteiger partial charge in [0.1, 0.15) is 17.3 Å². The van der Waals surface area contributed by atoms with Gasteiger partial charge in [0.05, 0.1) is 29.5 Å². The van der Waals surface area contributed by atoms with Crippen molar-refractivity contribution >= 4 is 20.7 Å². The van der Waals surface area contributed by atoms with E-state index in [-0.39, 0.29) is 28.4 Å². The first-order valence-electron chi connectivity index (χ1n) is 11.0. The molecule has 6 rings (SSSR count). The summed E-state index contributed by atoms with van der Waals surface area (Å²) in [5.74, 6) is -1.16. The van der Waals surface area contributed by atoms with Crippen LogP contribution >= 0.6 is 9.24 Å². The van der Waals surface area contributed by atoms with Crippen molar-refractivity contribution in [1.29, 1.82) is 0 Å². The minimum atomic E-state index is -4.72. The molecular weight excluding hydrogens is 533 g/mol. The largest absolute Gasteiger partial charge is 0.504 e. The maximum Gasteiger partial charge on any atom is 0.504 e. The molecule has 0 radical (unpaired) electrons. The van der Waals surface area contributed by atoms with E-state index in [2.05, 4.69) is 30.4 Å². The highest BCUT2D eigenvalue weighted by Gasteiger charge is 2.38. The van der Waals surface area contributed by atoms with Crippen LogP contribution in [0.1, 0.15) is 33.8 Å². The van der Waals surface area contributed by atoms with E-state index in [1.54, 1.807) is 24.4 Å². The molecule has 0 aliphatic carbocycles. The summed E-state index contributed by atoms with van der Waals surface area (Å²) in [6.07, 6.45) is -1.19. The topological polar surface area (TPSA) is 132 Å². The molecule has 0 bridgehead atoms. The predicted molar refractivity (Wildman–Crippen MR) is 122 cm³/mol. The molecule has 17 heteroatoms. The lowest BCUT2D eigenvalue weighted by Gasteiger charge is -2.32. The number of hydrogen-bond donors (Lipinski definition) is 1. The summed E-state index contributed by atoms with van der Waals surface area (Å²) in [5.41, 5.74) is 2.10. The molecule has 2 unspecified atom stereocenters. The van der Waals surface area contributed by atoms with E-state index in [1.807, 2.05) is 9.24 Å². The Kier molecular flexibility index (Phi) is 5.63. The van der Waals surface area contributed by atoms with E-state index in [0.717, 1.165) is 11.9 Å². The van der Waals surface area contributed by atoms with E-state index in [9.17, 15) is 22.4 Å². The summed E-state index contributed by atoms with van der Waals surface area (Å²) >= 11 is 0. The van der Waals surface area contributed by atoms with E-state index in [1.165, 1.54) is 15.7 Å². The fourth-order valence-electron chi connectivity index (χ4n) is 4.28. The van der Waals surface area contributed by atoms with Crippen LogP contribution in [0.2, 0.25) is 0 Å². The SMILES string of the molecule is O=C(c1nnc(-c2cnn(C(F)(F)F)c2)o1)N1CCc2[nH]cnc2[C@@H]1c1cc2c(OC(F)P)cccn2n1. The summed E-state index contributed by atoms with van der Waals surface area (Å²) in [7, 11) is 1.90. The van der Waals surface area contributed by atoms with Crippen molar-refractivity contribution in [3.05, 3.63) is 66.1 Å². The summed E-state index contributed by atoms with van der Waals surface area (Å²) < 4.78 is 64.1. The Hall–Kier alpha value is -4.33. The normalized spacial score (nSPS) is 16.6. The van der Waals surface area contributed by atoms with Gasteiger partial charge >= 0.3 is 18.1 Å². The second kappa shape index (κ2) is 8.90. The monoisotopic (exact) mass is 549 g/mol. The van der Waals surface area contributed by atoms with Crippen molar-refractivity contribution < 1.29 is 31.5 Å². The fourth-order valence-corrected chi connectivity index (χ4v) is 4.43. The maximum atomic E-state index is 13.5. The molecule has 0 saturated heterocycles. The number of imidazole rings is 1. The Labute approximate surface area is 211 Å². The Morgan fingerprint density at radius 3 is 2.92 bits per heavy atom. The molecule has 1 aliphatic rings. The number of amides is 1. The Morgan fingerprint density at radius 2 is 2.16 bits per heavy atom. The first-order valence-corrected chi connectivity index (χ1v) is 11.7. The van der Waals surface area contributed by atoms with Gasteiger partial charge in [0.25, 0.3) is 5.89 Å². The van der Waals surface area contributed by atoms with Crippen LogP contribution in [0, 0.1) is 0 Å². The minimum Gasteiger partial charge on any atom is -0.455 e. The molecule has 0 fully saturated rings. The number of fused-ring (bicyclic) bond motifs is 2. The third-order valence-electron chi connectivity index (χ3n) is 5.88. The average molecular weight is 549 g/mol. The molecule has 1 aliphatic heterocycles. The summed E-state index contributed by atoms with van der Waals surface area (Å²) in [6, 6.07) is 4.09. The average Bonchev–Trinajstić information content (AvgIpc) is 3.66. The Balaban J connectivity index is 1.36. The van der Waals surface area contributed by atoms with Gasteiger partial charge in [0.15, 0.2) is 0 Å². The zero-order chi connectivity index (χ0) is 26.6. The van der Waals surface area contributed by atoms with Gasteiger partial charge in [-0.3, -0.25) is 4.79 Å². The van der Waals surface area contributed by atoms with Gasteiger partial charge in [-0.1, -0.05) is 9.24 Å². The van der Waals surface area contributed by atoms with Crippen LogP contribution in [-0.2, 0) is 12.7 Å². The number of hydrogen-bond acceptors (Lipinski definition) is 8. The van der Waals surface area contributed by atoms with E-state index in [0.29, 0.717) is 29.5 Å². The first kappa shape index (κ1) is 24.0. The van der Waals surface area contributed by atoms with Crippen molar-refractivity contribution in [3.8, 4) is 17.2 Å². The molecule has 0 saturated carbocycles. The number of carbonyl (C=O) groups is 1. The molecule has 0 spiro atoms. The van der Waals surface area contributed by atoms with Gasteiger partial charge in [-0.2, -0.15) is 19.3 Å².